The van der Waals surface area contributed by atoms with Crippen LogP contribution in [0, 0.1) is 107 Å². The van der Waals surface area contributed by atoms with Crippen molar-refractivity contribution in [2.75, 3.05) is 0 Å². The van der Waals surface area contributed by atoms with Crippen LogP contribution in [0.25, 0.3) is 0 Å². The summed E-state index contributed by atoms with van der Waals surface area (Å²) in [5, 5.41) is 0. The molecule has 0 amide bonds. The molecule has 0 heteroatoms. The van der Waals surface area contributed by atoms with Gasteiger partial charge in [0.05, 0.1) is 0 Å². The van der Waals surface area contributed by atoms with Gasteiger partial charge in [0, 0.05) is 100 Å². The van der Waals surface area contributed by atoms with E-state index in [0.717, 1.165) is 100 Å². The van der Waals surface area contributed by atoms with Crippen LogP contribution in [-0.2, 0) is 0 Å². The Hall–Kier alpha value is -11.0. The van der Waals surface area contributed by atoms with Crippen LogP contribution in [0.5, 0.6) is 0 Å². The van der Waals surface area contributed by atoms with Gasteiger partial charge in [-0.1, -0.05) is 161 Å². The first-order valence-corrected chi connectivity index (χ1v) is 23.1. The maximum atomic E-state index is 3.31. The quantitative estimate of drug-likeness (QED) is 0.133. The van der Waals surface area contributed by atoms with Gasteiger partial charge in [-0.25, -0.2) is 0 Å². The predicted octanol–water partition coefficient (Wildman–Crippen LogP) is 12.6. The molecule has 0 nitrogen and oxygen atoms in total. The summed E-state index contributed by atoms with van der Waals surface area (Å²) >= 11 is 0. The Bertz CT molecular complexity index is 3130. The van der Waals surface area contributed by atoms with Gasteiger partial charge < -0.3 is 0 Å². The third kappa shape index (κ3) is 12.9. The summed E-state index contributed by atoms with van der Waals surface area (Å²) < 4.78 is 0. The number of hydrogen-bond donors (Lipinski definition) is 0. The number of rotatable bonds is 0. The van der Waals surface area contributed by atoms with Gasteiger partial charge in [-0.3, -0.25) is 0 Å². The molecule has 9 aromatic rings. The molecule has 72 heavy (non-hydrogen) atoms. The van der Waals surface area contributed by atoms with Crippen molar-refractivity contribution < 1.29 is 0 Å². The number of fused-ring (bicyclic) bond motifs is 18. The van der Waals surface area contributed by atoms with Gasteiger partial charge >= 0.3 is 0 Å². The fourth-order valence-electron chi connectivity index (χ4n) is 7.37. The Labute approximate surface area is 422 Å². The van der Waals surface area contributed by atoms with Crippen molar-refractivity contribution in [1.82, 2.24) is 0 Å². The predicted molar refractivity (Wildman–Crippen MR) is 292 cm³/mol. The summed E-state index contributed by atoms with van der Waals surface area (Å²) in [6.45, 7) is 0. The smallest absolute Gasteiger partial charge is 0.0261 e. The molecule has 1 aliphatic rings. The van der Waals surface area contributed by atoms with E-state index in [0.29, 0.717) is 0 Å². The molecule has 0 heterocycles. The lowest BCUT2D eigenvalue weighted by Gasteiger charge is -1.96. The van der Waals surface area contributed by atoms with E-state index in [9.17, 15) is 0 Å². The molecule has 9 aromatic carbocycles. The normalized spacial score (nSPS) is 10.5. The highest BCUT2D eigenvalue weighted by atomic mass is 14.0. The highest BCUT2D eigenvalue weighted by molar-refractivity contribution is 5.58. The van der Waals surface area contributed by atoms with Crippen molar-refractivity contribution in [3.63, 3.8) is 0 Å². The molecule has 0 radical (unpaired) electrons. The van der Waals surface area contributed by atoms with Gasteiger partial charge in [-0.2, -0.15) is 0 Å². The molecule has 18 bridgehead atoms. The first-order valence-electron chi connectivity index (χ1n) is 23.1. The molecule has 1 aliphatic carbocycles. The molecular weight excluding hydrogens is 865 g/mol. The average molecular weight is 901 g/mol. The highest BCUT2D eigenvalue weighted by Gasteiger charge is 1.99. The lowest BCUT2D eigenvalue weighted by atomic mass is 10.1. The Morgan fingerprint density at radius 3 is 0.250 bits per heavy atom. The van der Waals surface area contributed by atoms with Crippen molar-refractivity contribution in [2.24, 2.45) is 0 Å². The van der Waals surface area contributed by atoms with Gasteiger partial charge in [0.2, 0.25) is 0 Å². The van der Waals surface area contributed by atoms with E-state index in [1.54, 1.807) is 0 Å². The Kier molecular flexibility index (Phi) is 13.8. The largest absolute Gasteiger partial charge is 0.0616 e. The Balaban J connectivity index is 0.953. The van der Waals surface area contributed by atoms with E-state index in [-0.39, 0.29) is 0 Å². The molecule has 0 N–H and O–H groups in total. The Morgan fingerprint density at radius 1 is 0.111 bits per heavy atom. The minimum atomic E-state index is 0.874. The maximum Gasteiger partial charge on any atom is 0.0261 e. The molecule has 0 saturated carbocycles. The molecule has 0 aromatic heterocycles. The van der Waals surface area contributed by atoms with Crippen LogP contribution in [0.4, 0.5) is 0 Å². The fourth-order valence-corrected chi connectivity index (χ4v) is 7.37. The summed E-state index contributed by atoms with van der Waals surface area (Å²) in [6.07, 6.45) is 0. The third-order valence-electron chi connectivity index (χ3n) is 10.9. The van der Waals surface area contributed by atoms with Crippen molar-refractivity contribution >= 4 is 0 Å². The summed E-state index contributed by atoms with van der Waals surface area (Å²) in [4.78, 5) is 0. The molecule has 324 valence electrons. The van der Waals surface area contributed by atoms with Crippen LogP contribution in [-0.4, -0.2) is 0 Å². The van der Waals surface area contributed by atoms with E-state index >= 15 is 0 Å². The Morgan fingerprint density at radius 2 is 0.181 bits per heavy atom. The van der Waals surface area contributed by atoms with Gasteiger partial charge in [-0.05, 0) is 164 Å². The summed E-state index contributed by atoms with van der Waals surface area (Å²) in [5.74, 6) is 59.5. The molecule has 0 aliphatic heterocycles. The van der Waals surface area contributed by atoms with Gasteiger partial charge in [0.15, 0.2) is 0 Å². The van der Waals surface area contributed by atoms with Crippen molar-refractivity contribution in [1.29, 1.82) is 0 Å². The zero-order valence-electron chi connectivity index (χ0n) is 38.8. The van der Waals surface area contributed by atoms with E-state index in [1.165, 1.54) is 0 Å². The highest BCUT2D eigenvalue weighted by Crippen LogP contribution is 2.13. The molecule has 0 unspecified atom stereocenters. The summed E-state index contributed by atoms with van der Waals surface area (Å²) in [5.41, 5.74) is 15.7. The minimum absolute atomic E-state index is 0.874. The fraction of sp³-hybridized carbons (Fsp3) is 0. The minimum Gasteiger partial charge on any atom is -0.0616 e. The first-order chi connectivity index (χ1) is 35.5. The van der Waals surface area contributed by atoms with Gasteiger partial charge in [-0.15, -0.1) is 0 Å². The van der Waals surface area contributed by atoms with Crippen LogP contribution in [0.3, 0.4) is 0 Å². The zero-order chi connectivity index (χ0) is 48.6. The zero-order valence-corrected chi connectivity index (χ0v) is 38.8. The van der Waals surface area contributed by atoms with Crippen molar-refractivity contribution in [3.05, 3.63) is 319 Å². The monoisotopic (exact) mass is 900 g/mol. The molecular formula is C72H36. The summed E-state index contributed by atoms with van der Waals surface area (Å²) in [7, 11) is 0. The van der Waals surface area contributed by atoms with Crippen LogP contribution in [0.1, 0.15) is 100 Å². The topological polar surface area (TPSA) is 0 Å². The van der Waals surface area contributed by atoms with Crippen molar-refractivity contribution in [3.8, 4) is 107 Å². The lowest BCUT2D eigenvalue weighted by Crippen LogP contribution is -1.83. The SMILES string of the molecule is C1#Cc2cccc(c2)C#Cc2cccc(c2)C#Cc2cccc(c2)C#Cc2cccc(c2)C#Cc2cccc(c2)C#Cc2cccc(c2)C#Cc2cccc(c2)C#Cc2cccc(c2)C#Cc2cccc1c2. The first kappa shape index (κ1) is 44.8. The average Bonchev–Trinajstić information content (AvgIpc) is 3.43. The lowest BCUT2D eigenvalue weighted by molar-refractivity contribution is 1.56. The van der Waals surface area contributed by atoms with Crippen LogP contribution in [0.2, 0.25) is 0 Å². The van der Waals surface area contributed by atoms with E-state index in [1.807, 2.05) is 218 Å². The number of benzene rings is 9. The standard InChI is InChI=1S/C72H36/c1-10-55-28-30-57-12-2-14-59(47-57)32-34-61-16-4-18-63(49-61)36-38-65-20-6-22-67(51-65)40-42-69-24-8-26-71(53-69)44-45-72-27-9-25-70(54-72)43-41-68-23-7-21-66(52-68)39-37-64-19-5-17-62(50-64)35-33-60-15-3-13-58(48-60)31-29-56(11-1)46-55/h1-27,46-54H. The molecule has 10 rings (SSSR count). The van der Waals surface area contributed by atoms with E-state index in [2.05, 4.69) is 107 Å². The number of hydrogen-bond acceptors (Lipinski definition) is 0. The van der Waals surface area contributed by atoms with E-state index in [4.69, 9.17) is 0 Å². The van der Waals surface area contributed by atoms with Crippen LogP contribution in [0.15, 0.2) is 218 Å². The second kappa shape index (κ2) is 22.2. The second-order valence-corrected chi connectivity index (χ2v) is 16.5. The van der Waals surface area contributed by atoms with Gasteiger partial charge in [0.25, 0.3) is 0 Å². The second-order valence-electron chi connectivity index (χ2n) is 16.5. The molecule has 0 atom stereocenters. The van der Waals surface area contributed by atoms with Crippen molar-refractivity contribution in [2.45, 2.75) is 0 Å². The molecule has 0 saturated heterocycles. The van der Waals surface area contributed by atoms with Crippen LogP contribution < -0.4 is 0 Å². The summed E-state index contributed by atoms with van der Waals surface area (Å²) in [6, 6.07) is 71.7. The molecule has 0 fully saturated rings. The molecule has 0 spiro atoms. The van der Waals surface area contributed by atoms with E-state index < -0.39 is 0 Å². The van der Waals surface area contributed by atoms with Crippen LogP contribution >= 0.6 is 0 Å². The third-order valence-corrected chi connectivity index (χ3v) is 10.9. The maximum absolute atomic E-state index is 3.31. The van der Waals surface area contributed by atoms with Gasteiger partial charge in [0.1, 0.15) is 0 Å².